The number of nitrogens with zero attached hydrogens (tertiary/aromatic N) is 1. The van der Waals surface area contributed by atoms with Gasteiger partial charge in [-0.25, -0.2) is 4.39 Å². The minimum atomic E-state index is -0.436. The summed E-state index contributed by atoms with van der Waals surface area (Å²) in [7, 11) is 0. The smallest absolute Gasteiger partial charge is 0.149 e. The number of hydrogen-bond acceptors (Lipinski definition) is 2. The van der Waals surface area contributed by atoms with Gasteiger partial charge in [0.1, 0.15) is 11.5 Å². The van der Waals surface area contributed by atoms with Crippen molar-refractivity contribution in [1.82, 2.24) is 0 Å². The quantitative estimate of drug-likeness (QED) is 0.668. The maximum atomic E-state index is 13.0. The number of aliphatic imine (C=N–C) groups is 1. The molecule has 62 valence electrons. The summed E-state index contributed by atoms with van der Waals surface area (Å²) in [6, 6.07) is 4.50. The minimum absolute atomic E-state index is 0.157. The van der Waals surface area contributed by atoms with E-state index in [1.807, 2.05) is 0 Å². The topological polar surface area (TPSA) is 38.4 Å². The summed E-state index contributed by atoms with van der Waals surface area (Å²) in [5, 5.41) is 0. The highest BCUT2D eigenvalue weighted by Crippen LogP contribution is 2.25. The second kappa shape index (κ2) is 3.17. The number of halogens is 1. The summed E-state index contributed by atoms with van der Waals surface area (Å²) in [5.41, 5.74) is 6.35. The van der Waals surface area contributed by atoms with E-state index in [1.54, 1.807) is 12.1 Å². The molecule has 0 aromatic heterocycles. The molecule has 1 rings (SSSR count). The molecule has 0 saturated carbocycles. The van der Waals surface area contributed by atoms with Crippen LogP contribution in [0, 0.1) is 5.82 Å². The van der Waals surface area contributed by atoms with Crippen LogP contribution in [0.4, 0.5) is 10.1 Å². The van der Waals surface area contributed by atoms with E-state index >= 15 is 0 Å². The van der Waals surface area contributed by atoms with E-state index < -0.39 is 5.82 Å². The summed E-state index contributed by atoms with van der Waals surface area (Å²) < 4.78 is 13.0. The van der Waals surface area contributed by atoms with Gasteiger partial charge in [-0.1, -0.05) is 18.7 Å². The molecule has 3 heteroatoms. The molecule has 0 aliphatic rings. The summed E-state index contributed by atoms with van der Waals surface area (Å²) >= 11 is 0. The zero-order valence-electron chi connectivity index (χ0n) is 6.55. The number of hydrogen-bond donors (Lipinski definition) is 1. The van der Waals surface area contributed by atoms with Gasteiger partial charge in [-0.2, -0.15) is 0 Å². The molecule has 1 aromatic carbocycles. The SMILES string of the molecule is C=Nc1c(F)cccc1C(=C)N. The van der Waals surface area contributed by atoms with Crippen LogP contribution in [0.3, 0.4) is 0 Å². The Kier molecular flexibility index (Phi) is 2.24. The van der Waals surface area contributed by atoms with E-state index in [0.717, 1.165) is 0 Å². The second-order valence-electron chi connectivity index (χ2n) is 2.32. The van der Waals surface area contributed by atoms with Crippen molar-refractivity contribution in [2.45, 2.75) is 0 Å². The van der Waals surface area contributed by atoms with Gasteiger partial charge in [0.05, 0.1) is 0 Å². The van der Waals surface area contributed by atoms with Crippen molar-refractivity contribution in [1.29, 1.82) is 0 Å². The fourth-order valence-electron chi connectivity index (χ4n) is 0.935. The monoisotopic (exact) mass is 164 g/mol. The Morgan fingerprint density at radius 1 is 1.50 bits per heavy atom. The van der Waals surface area contributed by atoms with Crippen molar-refractivity contribution in [2.24, 2.45) is 10.7 Å². The predicted molar refractivity (Wildman–Crippen MR) is 48.8 cm³/mol. The number of rotatable bonds is 2. The molecule has 0 radical (unpaired) electrons. The normalized spacial score (nSPS) is 9.42. The van der Waals surface area contributed by atoms with Crippen molar-refractivity contribution in [3.8, 4) is 0 Å². The van der Waals surface area contributed by atoms with Gasteiger partial charge < -0.3 is 5.73 Å². The van der Waals surface area contributed by atoms with E-state index in [0.29, 0.717) is 5.56 Å². The van der Waals surface area contributed by atoms with Gasteiger partial charge >= 0.3 is 0 Å². The predicted octanol–water partition coefficient (Wildman–Crippen LogP) is 2.09. The van der Waals surface area contributed by atoms with Crippen molar-refractivity contribution in [2.75, 3.05) is 0 Å². The first-order valence-electron chi connectivity index (χ1n) is 3.37. The standard InChI is InChI=1S/C9H9FN2/c1-6(11)7-4-3-5-8(10)9(7)12-2/h3-5H,1-2,11H2. The van der Waals surface area contributed by atoms with Crippen molar-refractivity contribution >= 4 is 18.1 Å². The Morgan fingerprint density at radius 3 is 2.58 bits per heavy atom. The van der Waals surface area contributed by atoms with Crippen LogP contribution in [0.15, 0.2) is 29.8 Å². The van der Waals surface area contributed by atoms with Crippen LogP contribution < -0.4 is 5.73 Å². The highest BCUT2D eigenvalue weighted by Gasteiger charge is 2.06. The molecule has 0 unspecified atom stereocenters. The molecule has 0 bridgehead atoms. The van der Waals surface area contributed by atoms with Gasteiger partial charge in [0.2, 0.25) is 0 Å². The highest BCUT2D eigenvalue weighted by molar-refractivity contribution is 5.72. The molecule has 0 spiro atoms. The van der Waals surface area contributed by atoms with Crippen LogP contribution >= 0.6 is 0 Å². The molecule has 0 saturated heterocycles. The van der Waals surface area contributed by atoms with Crippen LogP contribution in [0.25, 0.3) is 5.70 Å². The Bertz CT molecular complexity index is 331. The summed E-state index contributed by atoms with van der Waals surface area (Å²) in [6.07, 6.45) is 0. The molecule has 12 heavy (non-hydrogen) atoms. The first kappa shape index (κ1) is 8.46. The van der Waals surface area contributed by atoms with Crippen molar-refractivity contribution in [3.05, 3.63) is 36.2 Å². The maximum absolute atomic E-state index is 13.0. The van der Waals surface area contributed by atoms with Gasteiger partial charge in [-0.3, -0.25) is 4.99 Å². The lowest BCUT2D eigenvalue weighted by atomic mass is 10.1. The lowest BCUT2D eigenvalue weighted by molar-refractivity contribution is 0.629. The molecule has 2 N–H and O–H groups in total. The second-order valence-corrected chi connectivity index (χ2v) is 2.32. The summed E-state index contributed by atoms with van der Waals surface area (Å²) in [5.74, 6) is -0.436. The summed E-state index contributed by atoms with van der Waals surface area (Å²) in [4.78, 5) is 3.53. The van der Waals surface area contributed by atoms with Crippen LogP contribution in [0.2, 0.25) is 0 Å². The van der Waals surface area contributed by atoms with Crippen molar-refractivity contribution in [3.63, 3.8) is 0 Å². The Hall–Kier alpha value is -1.64. The fourth-order valence-corrected chi connectivity index (χ4v) is 0.935. The van der Waals surface area contributed by atoms with Gasteiger partial charge in [0, 0.05) is 11.3 Å². The molecule has 0 fully saturated rings. The maximum Gasteiger partial charge on any atom is 0.149 e. The third-order valence-electron chi connectivity index (χ3n) is 1.49. The Balaban J connectivity index is 3.37. The largest absolute Gasteiger partial charge is 0.399 e. The van der Waals surface area contributed by atoms with Crippen LogP contribution in [0.1, 0.15) is 5.56 Å². The molecular weight excluding hydrogens is 155 g/mol. The lowest BCUT2D eigenvalue weighted by Crippen LogP contribution is -1.95. The van der Waals surface area contributed by atoms with E-state index in [1.165, 1.54) is 6.07 Å². The van der Waals surface area contributed by atoms with Crippen LogP contribution in [0.5, 0.6) is 0 Å². The average molecular weight is 164 g/mol. The van der Waals surface area contributed by atoms with Gasteiger partial charge in [-0.15, -0.1) is 0 Å². The van der Waals surface area contributed by atoms with Crippen molar-refractivity contribution < 1.29 is 4.39 Å². The van der Waals surface area contributed by atoms with Crippen LogP contribution in [-0.4, -0.2) is 6.72 Å². The third kappa shape index (κ3) is 1.34. The number of para-hydroxylation sites is 1. The molecule has 0 amide bonds. The zero-order valence-corrected chi connectivity index (χ0v) is 6.55. The van der Waals surface area contributed by atoms with E-state index in [9.17, 15) is 4.39 Å². The van der Waals surface area contributed by atoms with Crippen LogP contribution in [-0.2, 0) is 0 Å². The molecule has 0 atom stereocenters. The first-order valence-corrected chi connectivity index (χ1v) is 3.37. The van der Waals surface area contributed by atoms with Gasteiger partial charge in [0.15, 0.2) is 0 Å². The van der Waals surface area contributed by atoms with E-state index in [2.05, 4.69) is 18.3 Å². The molecule has 2 nitrogen and oxygen atoms in total. The minimum Gasteiger partial charge on any atom is -0.399 e. The van der Waals surface area contributed by atoms with Gasteiger partial charge in [0.25, 0.3) is 0 Å². The average Bonchev–Trinajstić information content (AvgIpc) is 2.03. The Morgan fingerprint density at radius 2 is 2.17 bits per heavy atom. The molecule has 0 aliphatic heterocycles. The molecule has 0 aliphatic carbocycles. The molecule has 0 heterocycles. The van der Waals surface area contributed by atoms with Gasteiger partial charge in [-0.05, 0) is 12.8 Å². The third-order valence-corrected chi connectivity index (χ3v) is 1.49. The van der Waals surface area contributed by atoms with E-state index in [4.69, 9.17) is 5.73 Å². The number of benzene rings is 1. The zero-order chi connectivity index (χ0) is 9.14. The Labute approximate surface area is 70.2 Å². The lowest BCUT2D eigenvalue weighted by Gasteiger charge is -2.04. The highest BCUT2D eigenvalue weighted by atomic mass is 19.1. The first-order chi connectivity index (χ1) is 5.66. The number of nitrogens with two attached hydrogens (primary N) is 1. The summed E-state index contributed by atoms with van der Waals surface area (Å²) in [6.45, 7) is 6.75. The fraction of sp³-hybridized carbons (Fsp3) is 0. The molecule has 1 aromatic rings. The molecular formula is C9H9FN2. The van der Waals surface area contributed by atoms with E-state index in [-0.39, 0.29) is 11.4 Å².